The molecular weight excluding hydrogens is 336 g/mol. The smallest absolute Gasteiger partial charge is 0.264 e. The van der Waals surface area contributed by atoms with Crippen molar-refractivity contribution < 1.29 is 14.3 Å². The molecule has 0 unspecified atom stereocenters. The fourth-order valence-corrected chi connectivity index (χ4v) is 3.57. The first-order valence-electron chi connectivity index (χ1n) is 8.58. The predicted molar refractivity (Wildman–Crippen MR) is 99.8 cm³/mol. The van der Waals surface area contributed by atoms with Crippen LogP contribution in [0.2, 0.25) is 0 Å². The summed E-state index contributed by atoms with van der Waals surface area (Å²) in [6.45, 7) is 5.16. The Bertz CT molecular complexity index is 650. The molecule has 0 radical (unpaired) electrons. The first kappa shape index (κ1) is 17.8. The lowest BCUT2D eigenvalue weighted by Gasteiger charge is -2.34. The monoisotopic (exact) mass is 360 g/mol. The summed E-state index contributed by atoms with van der Waals surface area (Å²) in [6, 6.07) is 11.5. The SMILES string of the molecule is COc1ccc(OCCCN2CCN(C(=O)c3cccs3)CC2)cc1. The van der Waals surface area contributed by atoms with Crippen LogP contribution < -0.4 is 9.47 Å². The molecule has 2 heterocycles. The zero-order valence-corrected chi connectivity index (χ0v) is 15.3. The Labute approximate surface area is 152 Å². The average Bonchev–Trinajstić information content (AvgIpc) is 3.20. The first-order chi connectivity index (χ1) is 12.3. The Hall–Kier alpha value is -2.05. The molecule has 3 rings (SSSR count). The summed E-state index contributed by atoms with van der Waals surface area (Å²) in [5, 5.41) is 1.95. The van der Waals surface area contributed by atoms with E-state index in [1.54, 1.807) is 7.11 Å². The summed E-state index contributed by atoms with van der Waals surface area (Å²) in [5.74, 6) is 1.87. The van der Waals surface area contributed by atoms with Crippen LogP contribution in [0.1, 0.15) is 16.1 Å². The summed E-state index contributed by atoms with van der Waals surface area (Å²) < 4.78 is 10.9. The summed E-state index contributed by atoms with van der Waals surface area (Å²) in [7, 11) is 1.66. The minimum atomic E-state index is 0.164. The van der Waals surface area contributed by atoms with Crippen LogP contribution in [-0.2, 0) is 0 Å². The number of benzene rings is 1. The zero-order valence-electron chi connectivity index (χ0n) is 14.5. The molecule has 1 aliphatic heterocycles. The summed E-state index contributed by atoms with van der Waals surface area (Å²) >= 11 is 1.51. The molecule has 25 heavy (non-hydrogen) atoms. The number of carbonyl (C=O) groups excluding carboxylic acids is 1. The van der Waals surface area contributed by atoms with Crippen molar-refractivity contribution in [3.63, 3.8) is 0 Å². The number of nitrogens with zero attached hydrogens (tertiary/aromatic N) is 2. The quantitative estimate of drug-likeness (QED) is 0.712. The lowest BCUT2D eigenvalue weighted by Crippen LogP contribution is -2.48. The van der Waals surface area contributed by atoms with Gasteiger partial charge in [-0.1, -0.05) is 6.07 Å². The number of piperazine rings is 1. The van der Waals surface area contributed by atoms with Crippen LogP contribution in [0.15, 0.2) is 41.8 Å². The molecule has 0 saturated carbocycles. The molecule has 0 atom stereocenters. The Balaban J connectivity index is 1.33. The number of amides is 1. The third-order valence-corrected chi connectivity index (χ3v) is 5.20. The molecule has 134 valence electrons. The molecule has 0 bridgehead atoms. The largest absolute Gasteiger partial charge is 0.497 e. The molecule has 0 N–H and O–H groups in total. The molecule has 6 heteroatoms. The van der Waals surface area contributed by atoms with Crippen molar-refractivity contribution >= 4 is 17.2 Å². The lowest BCUT2D eigenvalue weighted by molar-refractivity contribution is 0.0635. The van der Waals surface area contributed by atoms with E-state index in [-0.39, 0.29) is 5.91 Å². The van der Waals surface area contributed by atoms with Crippen molar-refractivity contribution in [2.24, 2.45) is 0 Å². The second-order valence-electron chi connectivity index (χ2n) is 5.99. The molecule has 1 aromatic heterocycles. The Morgan fingerprint density at radius 2 is 1.80 bits per heavy atom. The van der Waals surface area contributed by atoms with E-state index in [0.717, 1.165) is 55.5 Å². The number of ether oxygens (including phenoxy) is 2. The molecule has 1 aliphatic rings. The fourth-order valence-electron chi connectivity index (χ4n) is 2.88. The third-order valence-electron chi connectivity index (χ3n) is 4.34. The van der Waals surface area contributed by atoms with Gasteiger partial charge in [0.05, 0.1) is 18.6 Å². The van der Waals surface area contributed by atoms with Crippen LogP contribution in [-0.4, -0.2) is 62.1 Å². The molecule has 1 aromatic carbocycles. The second kappa shape index (κ2) is 8.87. The minimum Gasteiger partial charge on any atom is -0.497 e. The molecule has 2 aromatic rings. The highest BCUT2D eigenvalue weighted by Gasteiger charge is 2.22. The highest BCUT2D eigenvalue weighted by molar-refractivity contribution is 7.12. The van der Waals surface area contributed by atoms with Crippen LogP contribution in [0.3, 0.4) is 0 Å². The Morgan fingerprint density at radius 3 is 2.44 bits per heavy atom. The maximum Gasteiger partial charge on any atom is 0.264 e. The fraction of sp³-hybridized carbons (Fsp3) is 0.421. The molecule has 1 fully saturated rings. The number of hydrogen-bond donors (Lipinski definition) is 0. The van der Waals surface area contributed by atoms with Crippen LogP contribution >= 0.6 is 11.3 Å². The molecule has 0 spiro atoms. The zero-order chi connectivity index (χ0) is 17.5. The van der Waals surface area contributed by atoms with Crippen molar-refractivity contribution in [2.45, 2.75) is 6.42 Å². The van der Waals surface area contributed by atoms with Gasteiger partial charge in [0.1, 0.15) is 11.5 Å². The van der Waals surface area contributed by atoms with Crippen LogP contribution in [0.5, 0.6) is 11.5 Å². The number of carbonyl (C=O) groups is 1. The van der Waals surface area contributed by atoms with E-state index < -0.39 is 0 Å². The maximum absolute atomic E-state index is 12.3. The van der Waals surface area contributed by atoms with E-state index in [2.05, 4.69) is 4.90 Å². The summed E-state index contributed by atoms with van der Waals surface area (Å²) in [6.07, 6.45) is 0.977. The standard InChI is InChI=1S/C19H24N2O3S/c1-23-16-5-7-17(8-6-16)24-14-3-9-20-10-12-21(13-11-20)19(22)18-4-2-15-25-18/h2,4-8,15H,3,9-14H2,1H3. The Morgan fingerprint density at radius 1 is 1.08 bits per heavy atom. The highest BCUT2D eigenvalue weighted by Crippen LogP contribution is 2.17. The van der Waals surface area contributed by atoms with Gasteiger partial charge in [0.25, 0.3) is 5.91 Å². The van der Waals surface area contributed by atoms with Crippen molar-refractivity contribution in [1.29, 1.82) is 0 Å². The van der Waals surface area contributed by atoms with E-state index in [4.69, 9.17) is 9.47 Å². The van der Waals surface area contributed by atoms with Gasteiger partial charge in [0, 0.05) is 32.7 Å². The van der Waals surface area contributed by atoms with E-state index in [1.807, 2.05) is 46.7 Å². The van der Waals surface area contributed by atoms with Gasteiger partial charge in [-0.15, -0.1) is 11.3 Å². The van der Waals surface area contributed by atoms with Gasteiger partial charge >= 0.3 is 0 Å². The van der Waals surface area contributed by atoms with E-state index in [9.17, 15) is 4.79 Å². The van der Waals surface area contributed by atoms with Gasteiger partial charge in [-0.05, 0) is 42.1 Å². The summed E-state index contributed by atoms with van der Waals surface area (Å²) in [5.41, 5.74) is 0. The number of methoxy groups -OCH3 is 1. The van der Waals surface area contributed by atoms with Crippen molar-refractivity contribution in [2.75, 3.05) is 46.4 Å². The molecule has 0 aliphatic carbocycles. The number of thiophene rings is 1. The number of rotatable bonds is 7. The van der Waals surface area contributed by atoms with Crippen LogP contribution in [0.25, 0.3) is 0 Å². The van der Waals surface area contributed by atoms with Gasteiger partial charge in [-0.3, -0.25) is 9.69 Å². The normalized spacial score (nSPS) is 15.2. The van der Waals surface area contributed by atoms with E-state index >= 15 is 0 Å². The predicted octanol–water partition coefficient (Wildman–Crippen LogP) is 2.98. The van der Waals surface area contributed by atoms with Gasteiger partial charge in [-0.2, -0.15) is 0 Å². The molecule has 5 nitrogen and oxygen atoms in total. The lowest BCUT2D eigenvalue weighted by atomic mass is 10.2. The van der Waals surface area contributed by atoms with Gasteiger partial charge in [-0.25, -0.2) is 0 Å². The highest BCUT2D eigenvalue weighted by atomic mass is 32.1. The van der Waals surface area contributed by atoms with Crippen molar-refractivity contribution in [3.8, 4) is 11.5 Å². The molecular formula is C19H24N2O3S. The topological polar surface area (TPSA) is 42.0 Å². The van der Waals surface area contributed by atoms with E-state index in [1.165, 1.54) is 11.3 Å². The van der Waals surface area contributed by atoms with Crippen molar-refractivity contribution in [1.82, 2.24) is 9.80 Å². The van der Waals surface area contributed by atoms with Gasteiger partial charge in [0.15, 0.2) is 0 Å². The molecule has 1 amide bonds. The van der Waals surface area contributed by atoms with Crippen LogP contribution in [0, 0.1) is 0 Å². The van der Waals surface area contributed by atoms with Gasteiger partial charge < -0.3 is 14.4 Å². The maximum atomic E-state index is 12.3. The van der Waals surface area contributed by atoms with Gasteiger partial charge in [0.2, 0.25) is 0 Å². The summed E-state index contributed by atoms with van der Waals surface area (Å²) in [4.78, 5) is 17.5. The third kappa shape index (κ3) is 4.96. The van der Waals surface area contributed by atoms with Crippen LogP contribution in [0.4, 0.5) is 0 Å². The Kier molecular flexibility index (Phi) is 6.30. The van der Waals surface area contributed by atoms with Crippen molar-refractivity contribution in [3.05, 3.63) is 46.7 Å². The minimum absolute atomic E-state index is 0.164. The van der Waals surface area contributed by atoms with E-state index in [0.29, 0.717) is 6.61 Å². The second-order valence-corrected chi connectivity index (χ2v) is 6.94. The average molecular weight is 360 g/mol. The number of hydrogen-bond acceptors (Lipinski definition) is 5. The molecule has 1 saturated heterocycles. The first-order valence-corrected chi connectivity index (χ1v) is 9.46.